The SMILES string of the molecule is O=C(C1CCCCC1)C1CC2CC1C1C3C=CC(C3)C21. The molecule has 7 atom stereocenters. The predicted molar refractivity (Wildman–Crippen MR) is 79.0 cm³/mol. The van der Waals surface area contributed by atoms with Gasteiger partial charge < -0.3 is 0 Å². The number of hydrogen-bond donors (Lipinski definition) is 0. The first-order valence-electron chi connectivity index (χ1n) is 9.05. The van der Waals surface area contributed by atoms with Gasteiger partial charge in [-0.05, 0) is 67.6 Å². The second-order valence-corrected chi connectivity index (χ2v) is 8.34. The molecule has 1 nitrogen and oxygen atoms in total. The van der Waals surface area contributed by atoms with Crippen LogP contribution in [0, 0.1) is 47.3 Å². The van der Waals surface area contributed by atoms with Crippen LogP contribution in [0.15, 0.2) is 12.2 Å². The Balaban J connectivity index is 1.37. The van der Waals surface area contributed by atoms with Crippen LogP contribution in [-0.2, 0) is 4.79 Å². The van der Waals surface area contributed by atoms with Crippen LogP contribution in [-0.4, -0.2) is 5.78 Å². The summed E-state index contributed by atoms with van der Waals surface area (Å²) in [6.07, 6.45) is 15.4. The largest absolute Gasteiger partial charge is 0.299 e. The summed E-state index contributed by atoms with van der Waals surface area (Å²) in [4.78, 5) is 13.0. The van der Waals surface area contributed by atoms with Gasteiger partial charge in [-0.3, -0.25) is 4.79 Å². The first kappa shape index (κ1) is 12.0. The summed E-state index contributed by atoms with van der Waals surface area (Å²) in [6.45, 7) is 0. The number of carbonyl (C=O) groups is 1. The van der Waals surface area contributed by atoms with E-state index in [1.807, 2.05) is 0 Å². The maximum atomic E-state index is 13.0. The molecule has 108 valence electrons. The van der Waals surface area contributed by atoms with E-state index >= 15 is 0 Å². The van der Waals surface area contributed by atoms with Gasteiger partial charge in [-0.15, -0.1) is 0 Å². The average molecular weight is 270 g/mol. The van der Waals surface area contributed by atoms with Crippen molar-refractivity contribution in [1.82, 2.24) is 0 Å². The molecule has 7 unspecified atom stereocenters. The van der Waals surface area contributed by atoms with Crippen LogP contribution < -0.4 is 0 Å². The summed E-state index contributed by atoms with van der Waals surface area (Å²) in [5.74, 6) is 6.92. The molecule has 0 aromatic rings. The van der Waals surface area contributed by atoms with Crippen molar-refractivity contribution < 1.29 is 4.79 Å². The Labute approximate surface area is 122 Å². The van der Waals surface area contributed by atoms with Crippen LogP contribution in [0.2, 0.25) is 0 Å². The Kier molecular flexibility index (Phi) is 2.53. The first-order chi connectivity index (χ1) is 9.83. The molecule has 4 saturated carbocycles. The number of allylic oxidation sites excluding steroid dienone is 2. The molecule has 0 radical (unpaired) electrons. The number of fused-ring (bicyclic) bond motifs is 9. The van der Waals surface area contributed by atoms with Crippen molar-refractivity contribution in [3.8, 4) is 0 Å². The van der Waals surface area contributed by atoms with Crippen molar-refractivity contribution in [2.75, 3.05) is 0 Å². The molecule has 5 aliphatic carbocycles. The Morgan fingerprint density at radius 3 is 2.40 bits per heavy atom. The lowest BCUT2D eigenvalue weighted by atomic mass is 9.66. The monoisotopic (exact) mass is 270 g/mol. The minimum Gasteiger partial charge on any atom is -0.299 e. The first-order valence-corrected chi connectivity index (χ1v) is 9.05. The minimum atomic E-state index is 0.445. The summed E-state index contributed by atoms with van der Waals surface area (Å²) >= 11 is 0. The second-order valence-electron chi connectivity index (χ2n) is 8.34. The van der Waals surface area contributed by atoms with Gasteiger partial charge in [-0.1, -0.05) is 31.4 Å². The molecule has 0 N–H and O–H groups in total. The molecule has 0 aliphatic heterocycles. The fourth-order valence-electron chi connectivity index (χ4n) is 7.03. The Morgan fingerprint density at radius 2 is 1.60 bits per heavy atom. The second kappa shape index (κ2) is 4.21. The van der Waals surface area contributed by atoms with E-state index < -0.39 is 0 Å². The van der Waals surface area contributed by atoms with Crippen LogP contribution in [0.3, 0.4) is 0 Å². The molecule has 0 spiro atoms. The third kappa shape index (κ3) is 1.47. The summed E-state index contributed by atoms with van der Waals surface area (Å²) in [6, 6.07) is 0. The molecule has 1 heteroatoms. The van der Waals surface area contributed by atoms with Gasteiger partial charge in [0.2, 0.25) is 0 Å². The molecule has 0 heterocycles. The van der Waals surface area contributed by atoms with Crippen molar-refractivity contribution in [1.29, 1.82) is 0 Å². The van der Waals surface area contributed by atoms with Gasteiger partial charge in [-0.25, -0.2) is 0 Å². The van der Waals surface area contributed by atoms with Crippen molar-refractivity contribution in [2.45, 2.75) is 51.4 Å². The number of ketones is 1. The molecule has 5 rings (SSSR count). The third-order valence-electron chi connectivity index (χ3n) is 7.64. The molecular weight excluding hydrogens is 244 g/mol. The highest BCUT2D eigenvalue weighted by molar-refractivity contribution is 5.84. The van der Waals surface area contributed by atoms with Gasteiger partial charge in [0, 0.05) is 11.8 Å². The van der Waals surface area contributed by atoms with Crippen molar-refractivity contribution in [2.24, 2.45) is 47.3 Å². The van der Waals surface area contributed by atoms with E-state index in [2.05, 4.69) is 12.2 Å². The molecule has 5 aliphatic rings. The van der Waals surface area contributed by atoms with Crippen LogP contribution in [0.1, 0.15) is 51.4 Å². The maximum Gasteiger partial charge on any atom is 0.139 e. The summed E-state index contributed by atoms with van der Waals surface area (Å²) in [7, 11) is 0. The lowest BCUT2D eigenvalue weighted by molar-refractivity contribution is -0.130. The van der Waals surface area contributed by atoms with E-state index in [-0.39, 0.29) is 0 Å². The molecule has 0 aromatic carbocycles. The molecule has 0 aromatic heterocycles. The number of hydrogen-bond acceptors (Lipinski definition) is 1. The highest BCUT2D eigenvalue weighted by Crippen LogP contribution is 2.67. The molecule has 0 amide bonds. The van der Waals surface area contributed by atoms with Gasteiger partial charge in [0.15, 0.2) is 0 Å². The lowest BCUT2D eigenvalue weighted by Crippen LogP contribution is -2.37. The van der Waals surface area contributed by atoms with E-state index in [1.165, 1.54) is 51.4 Å². The lowest BCUT2D eigenvalue weighted by Gasteiger charge is -2.37. The normalized spacial score (nSPS) is 52.7. The van der Waals surface area contributed by atoms with E-state index in [4.69, 9.17) is 0 Å². The van der Waals surface area contributed by atoms with Crippen molar-refractivity contribution >= 4 is 5.78 Å². The van der Waals surface area contributed by atoms with Crippen LogP contribution in [0.5, 0.6) is 0 Å². The Hall–Kier alpha value is -0.590. The van der Waals surface area contributed by atoms with Crippen LogP contribution in [0.4, 0.5) is 0 Å². The highest BCUT2D eigenvalue weighted by atomic mass is 16.1. The zero-order valence-corrected chi connectivity index (χ0v) is 12.3. The maximum absolute atomic E-state index is 13.0. The molecule has 0 saturated heterocycles. The van der Waals surface area contributed by atoms with Crippen LogP contribution in [0.25, 0.3) is 0 Å². The predicted octanol–water partition coefficient (Wildman–Crippen LogP) is 4.23. The van der Waals surface area contributed by atoms with Crippen LogP contribution >= 0.6 is 0 Å². The topological polar surface area (TPSA) is 17.1 Å². The standard InChI is InChI=1S/C19H26O/c20-19(11-4-2-1-3-5-11)16-10-14-9-15(16)18-13-7-6-12(8-13)17(14)18/h6-7,11-18H,1-5,8-10H2. The van der Waals surface area contributed by atoms with Crippen molar-refractivity contribution in [3.63, 3.8) is 0 Å². The van der Waals surface area contributed by atoms with E-state index in [0.717, 1.165) is 35.5 Å². The summed E-state index contributed by atoms with van der Waals surface area (Å²) < 4.78 is 0. The number of Topliss-reactive ketones (excluding diaryl/α,β-unsaturated/α-hetero) is 1. The summed E-state index contributed by atoms with van der Waals surface area (Å²) in [5.41, 5.74) is 0. The van der Waals surface area contributed by atoms with E-state index in [1.54, 1.807) is 0 Å². The smallest absolute Gasteiger partial charge is 0.139 e. The fourth-order valence-corrected chi connectivity index (χ4v) is 7.03. The highest BCUT2D eigenvalue weighted by Gasteiger charge is 2.62. The third-order valence-corrected chi connectivity index (χ3v) is 7.64. The quantitative estimate of drug-likeness (QED) is 0.542. The van der Waals surface area contributed by atoms with Gasteiger partial charge in [0.1, 0.15) is 5.78 Å². The van der Waals surface area contributed by atoms with Crippen molar-refractivity contribution in [3.05, 3.63) is 12.2 Å². The van der Waals surface area contributed by atoms with Gasteiger partial charge in [0.05, 0.1) is 0 Å². The number of carbonyl (C=O) groups excluding carboxylic acids is 1. The molecule has 4 fully saturated rings. The van der Waals surface area contributed by atoms with Gasteiger partial charge in [0.25, 0.3) is 0 Å². The fraction of sp³-hybridized carbons (Fsp3) is 0.842. The molecule has 20 heavy (non-hydrogen) atoms. The van der Waals surface area contributed by atoms with Gasteiger partial charge >= 0.3 is 0 Å². The minimum absolute atomic E-state index is 0.445. The zero-order chi connectivity index (χ0) is 13.3. The Bertz CT molecular complexity index is 458. The summed E-state index contributed by atoms with van der Waals surface area (Å²) in [5, 5.41) is 0. The Morgan fingerprint density at radius 1 is 0.850 bits per heavy atom. The number of rotatable bonds is 2. The zero-order valence-electron chi connectivity index (χ0n) is 12.3. The average Bonchev–Trinajstić information content (AvgIpc) is 3.24. The molecular formula is C19H26O. The van der Waals surface area contributed by atoms with E-state index in [9.17, 15) is 4.79 Å². The van der Waals surface area contributed by atoms with E-state index in [0.29, 0.717) is 17.6 Å². The van der Waals surface area contributed by atoms with Gasteiger partial charge in [-0.2, -0.15) is 0 Å². The molecule has 4 bridgehead atoms.